The number of hydrogen-bond acceptors (Lipinski definition) is 3. The predicted octanol–water partition coefficient (Wildman–Crippen LogP) is 8.09. The number of esters is 1. The average Bonchev–Trinajstić information content (AvgIpc) is 2.64. The number of unbranched alkanes of at least 4 members (excludes halogenated alkanes) is 15. The van der Waals surface area contributed by atoms with Crippen LogP contribution in [0.3, 0.4) is 0 Å². The Bertz CT molecular complexity index is 350. The van der Waals surface area contributed by atoms with Crippen LogP contribution >= 0.6 is 0 Å². The third kappa shape index (κ3) is 24.9. The van der Waals surface area contributed by atoms with Gasteiger partial charge in [-0.25, -0.2) is 4.79 Å². The standard InChI is InChI=1S/C24H44O2.H3N/c1-3-5-7-8-9-10-11-12-13-14-15-16-17-18-19-21-23-26-24(25)22-20-6-4-2;/h4,6,20,22H,3,5,7-19,21,23H2,1-2H3;1H3/b6-4+,22-20+;. The van der Waals surface area contributed by atoms with Crippen molar-refractivity contribution in [3.05, 3.63) is 24.3 Å². The molecule has 0 atom stereocenters. The van der Waals surface area contributed by atoms with Crippen LogP contribution in [0.4, 0.5) is 0 Å². The molecule has 0 aromatic rings. The van der Waals surface area contributed by atoms with Crippen LogP contribution in [-0.4, -0.2) is 12.6 Å². The average molecular weight is 382 g/mol. The molecular formula is C24H47NO2. The topological polar surface area (TPSA) is 61.3 Å². The lowest BCUT2D eigenvalue weighted by Crippen LogP contribution is -2.02. The molecule has 0 fully saturated rings. The van der Waals surface area contributed by atoms with Gasteiger partial charge in [0.2, 0.25) is 0 Å². The zero-order valence-corrected chi connectivity index (χ0v) is 18.4. The highest BCUT2D eigenvalue weighted by Gasteiger charge is 1.97. The first-order chi connectivity index (χ1) is 12.8. The fourth-order valence-electron chi connectivity index (χ4n) is 3.12. The number of rotatable bonds is 19. The molecule has 0 unspecified atom stereocenters. The largest absolute Gasteiger partial charge is 0.463 e. The van der Waals surface area contributed by atoms with E-state index in [1.54, 1.807) is 6.08 Å². The van der Waals surface area contributed by atoms with Crippen LogP contribution in [0.15, 0.2) is 24.3 Å². The molecule has 0 aromatic carbocycles. The van der Waals surface area contributed by atoms with Gasteiger partial charge < -0.3 is 10.9 Å². The maximum atomic E-state index is 11.3. The molecule has 0 amide bonds. The van der Waals surface area contributed by atoms with E-state index in [9.17, 15) is 4.79 Å². The summed E-state index contributed by atoms with van der Waals surface area (Å²) in [6.45, 7) is 4.76. The summed E-state index contributed by atoms with van der Waals surface area (Å²) >= 11 is 0. The summed E-state index contributed by atoms with van der Waals surface area (Å²) in [4.78, 5) is 11.3. The number of carbonyl (C=O) groups excluding carboxylic acids is 1. The molecule has 160 valence electrons. The van der Waals surface area contributed by atoms with Gasteiger partial charge in [-0.15, -0.1) is 0 Å². The lowest BCUT2D eigenvalue weighted by molar-refractivity contribution is -0.137. The van der Waals surface area contributed by atoms with Crippen molar-refractivity contribution in [1.82, 2.24) is 6.15 Å². The van der Waals surface area contributed by atoms with E-state index < -0.39 is 0 Å². The molecule has 0 aliphatic rings. The third-order valence-electron chi connectivity index (χ3n) is 4.78. The Balaban J connectivity index is 0. The molecule has 3 nitrogen and oxygen atoms in total. The highest BCUT2D eigenvalue weighted by molar-refractivity contribution is 5.82. The fraction of sp³-hybridized carbons (Fsp3) is 0.792. The molecule has 27 heavy (non-hydrogen) atoms. The summed E-state index contributed by atoms with van der Waals surface area (Å²) in [6, 6.07) is 0. The smallest absolute Gasteiger partial charge is 0.330 e. The highest BCUT2D eigenvalue weighted by Crippen LogP contribution is 2.13. The van der Waals surface area contributed by atoms with Gasteiger partial charge >= 0.3 is 5.97 Å². The van der Waals surface area contributed by atoms with Crippen molar-refractivity contribution in [2.75, 3.05) is 6.61 Å². The minimum atomic E-state index is -0.232. The molecule has 0 aliphatic carbocycles. The lowest BCUT2D eigenvalue weighted by atomic mass is 10.0. The van der Waals surface area contributed by atoms with E-state index in [1.807, 2.05) is 19.1 Å². The molecule has 0 spiro atoms. The summed E-state index contributed by atoms with van der Waals surface area (Å²) in [5, 5.41) is 0. The number of carbonyl (C=O) groups is 1. The normalized spacial score (nSPS) is 11.2. The van der Waals surface area contributed by atoms with Crippen LogP contribution in [0.1, 0.15) is 117 Å². The van der Waals surface area contributed by atoms with E-state index in [2.05, 4.69) is 6.92 Å². The van der Waals surface area contributed by atoms with Gasteiger partial charge in [-0.1, -0.05) is 121 Å². The van der Waals surface area contributed by atoms with E-state index >= 15 is 0 Å². The van der Waals surface area contributed by atoms with Gasteiger partial charge in [0.1, 0.15) is 0 Å². The van der Waals surface area contributed by atoms with Crippen LogP contribution in [0.2, 0.25) is 0 Å². The Hall–Kier alpha value is -1.09. The van der Waals surface area contributed by atoms with Crippen molar-refractivity contribution in [3.63, 3.8) is 0 Å². The second-order valence-electron chi connectivity index (χ2n) is 7.36. The molecule has 0 aromatic heterocycles. The Morgan fingerprint density at radius 1 is 0.667 bits per heavy atom. The molecule has 3 heteroatoms. The molecule has 0 rings (SSSR count). The minimum Gasteiger partial charge on any atom is -0.463 e. The van der Waals surface area contributed by atoms with Crippen molar-refractivity contribution in [1.29, 1.82) is 0 Å². The van der Waals surface area contributed by atoms with Gasteiger partial charge in [-0.2, -0.15) is 0 Å². The molecule has 0 saturated carbocycles. The second kappa shape index (κ2) is 24.9. The van der Waals surface area contributed by atoms with Crippen LogP contribution in [-0.2, 0) is 9.53 Å². The Morgan fingerprint density at radius 3 is 1.48 bits per heavy atom. The third-order valence-corrected chi connectivity index (χ3v) is 4.78. The number of hydrogen-bond donors (Lipinski definition) is 1. The van der Waals surface area contributed by atoms with Crippen molar-refractivity contribution >= 4 is 5.97 Å². The first-order valence-corrected chi connectivity index (χ1v) is 11.3. The second-order valence-corrected chi connectivity index (χ2v) is 7.36. The van der Waals surface area contributed by atoms with Gasteiger partial charge in [0.05, 0.1) is 6.61 Å². The van der Waals surface area contributed by atoms with E-state index in [-0.39, 0.29) is 12.1 Å². The highest BCUT2D eigenvalue weighted by atomic mass is 16.5. The van der Waals surface area contributed by atoms with Gasteiger partial charge in [0, 0.05) is 6.08 Å². The number of allylic oxidation sites excluding steroid dienone is 3. The molecule has 0 bridgehead atoms. The summed E-state index contributed by atoms with van der Waals surface area (Å²) < 4.78 is 5.15. The van der Waals surface area contributed by atoms with Crippen LogP contribution in [0.25, 0.3) is 0 Å². The molecule has 3 N–H and O–H groups in total. The SMILES string of the molecule is C/C=C/C=C/C(=O)OCCCCCCCCCCCCCCCCCC.N. The predicted molar refractivity (Wildman–Crippen MR) is 119 cm³/mol. The summed E-state index contributed by atoms with van der Waals surface area (Å²) in [6.07, 6.45) is 28.7. The van der Waals surface area contributed by atoms with Gasteiger partial charge in [0.25, 0.3) is 0 Å². The molecule has 0 radical (unpaired) electrons. The quantitative estimate of drug-likeness (QED) is 0.106. The van der Waals surface area contributed by atoms with Gasteiger partial charge in [-0.05, 0) is 13.3 Å². The Morgan fingerprint density at radius 2 is 1.07 bits per heavy atom. The van der Waals surface area contributed by atoms with Crippen molar-refractivity contribution in [2.45, 2.75) is 117 Å². The minimum absolute atomic E-state index is 0. The Labute approximate surface area is 169 Å². The van der Waals surface area contributed by atoms with Crippen molar-refractivity contribution in [2.24, 2.45) is 0 Å². The summed E-state index contributed by atoms with van der Waals surface area (Å²) in [5.41, 5.74) is 0. The molecule has 0 aliphatic heterocycles. The molecule has 0 heterocycles. The maximum absolute atomic E-state index is 11.3. The van der Waals surface area contributed by atoms with E-state index in [0.29, 0.717) is 6.61 Å². The summed E-state index contributed by atoms with van der Waals surface area (Å²) in [7, 11) is 0. The molecular weight excluding hydrogens is 334 g/mol. The monoisotopic (exact) mass is 381 g/mol. The van der Waals surface area contributed by atoms with Crippen molar-refractivity contribution in [3.8, 4) is 0 Å². The van der Waals surface area contributed by atoms with E-state index in [1.165, 1.54) is 102 Å². The zero-order valence-electron chi connectivity index (χ0n) is 18.4. The van der Waals surface area contributed by atoms with Gasteiger partial charge in [-0.3, -0.25) is 0 Å². The van der Waals surface area contributed by atoms with Gasteiger partial charge in [0.15, 0.2) is 0 Å². The lowest BCUT2D eigenvalue weighted by Gasteiger charge is -2.04. The maximum Gasteiger partial charge on any atom is 0.330 e. The van der Waals surface area contributed by atoms with Crippen molar-refractivity contribution < 1.29 is 9.53 Å². The molecule has 0 saturated heterocycles. The van der Waals surface area contributed by atoms with Crippen LogP contribution in [0.5, 0.6) is 0 Å². The zero-order chi connectivity index (χ0) is 19.1. The van der Waals surface area contributed by atoms with E-state index in [0.717, 1.165) is 6.42 Å². The Kier molecular flexibility index (Phi) is 25.9. The first-order valence-electron chi connectivity index (χ1n) is 11.3. The van der Waals surface area contributed by atoms with E-state index in [4.69, 9.17) is 4.74 Å². The number of ether oxygens (including phenoxy) is 1. The fourth-order valence-corrected chi connectivity index (χ4v) is 3.12. The summed E-state index contributed by atoms with van der Waals surface area (Å²) in [5.74, 6) is -0.232. The van der Waals surface area contributed by atoms with Crippen LogP contribution < -0.4 is 6.15 Å². The van der Waals surface area contributed by atoms with Crippen LogP contribution in [0, 0.1) is 0 Å². The first kappa shape index (κ1) is 28.1.